The van der Waals surface area contributed by atoms with Crippen LogP contribution in [0.15, 0.2) is 30.3 Å². The van der Waals surface area contributed by atoms with Gasteiger partial charge in [0.2, 0.25) is 0 Å². The second-order valence-corrected chi connectivity index (χ2v) is 8.21. The molecule has 0 aliphatic rings. The molecule has 0 aliphatic heterocycles. The molecule has 0 saturated carbocycles. The molecule has 0 atom stereocenters. The topological polar surface area (TPSA) is 27.7 Å². The van der Waals surface area contributed by atoms with Gasteiger partial charge in [0.25, 0.3) is 0 Å². The third kappa shape index (κ3) is 8.45. The number of rotatable bonds is 17. The van der Waals surface area contributed by atoms with Crippen molar-refractivity contribution in [3.63, 3.8) is 0 Å². The van der Waals surface area contributed by atoms with Gasteiger partial charge in [-0.1, -0.05) is 84.1 Å². The van der Waals surface area contributed by atoms with Crippen LogP contribution in [-0.4, -0.2) is 20.3 Å². The van der Waals surface area contributed by atoms with Crippen molar-refractivity contribution in [2.75, 3.05) is 20.3 Å². The van der Waals surface area contributed by atoms with E-state index in [-0.39, 0.29) is 0 Å². The number of fused-ring (bicyclic) bond motifs is 1. The summed E-state index contributed by atoms with van der Waals surface area (Å²) in [4.78, 5) is 0. The van der Waals surface area contributed by atoms with Crippen LogP contribution in [0.3, 0.4) is 0 Å². The quantitative estimate of drug-likeness (QED) is 0.243. The first-order chi connectivity index (χ1) is 14.8. The predicted molar refractivity (Wildman–Crippen MR) is 128 cm³/mol. The summed E-state index contributed by atoms with van der Waals surface area (Å²) in [6, 6.07) is 10.4. The molecule has 0 bridgehead atoms. The molecule has 0 aliphatic carbocycles. The largest absolute Gasteiger partial charge is 0.494 e. The summed E-state index contributed by atoms with van der Waals surface area (Å²) in [6.07, 6.45) is 15.2. The van der Waals surface area contributed by atoms with Gasteiger partial charge in [0.1, 0.15) is 5.75 Å². The minimum Gasteiger partial charge on any atom is -0.494 e. The van der Waals surface area contributed by atoms with Crippen LogP contribution in [-0.2, 0) is 0 Å². The van der Waals surface area contributed by atoms with Crippen molar-refractivity contribution in [1.82, 2.24) is 0 Å². The molecule has 30 heavy (non-hydrogen) atoms. The molecule has 0 heterocycles. The molecule has 3 nitrogen and oxygen atoms in total. The van der Waals surface area contributed by atoms with Crippen LogP contribution in [0.5, 0.6) is 17.2 Å². The van der Waals surface area contributed by atoms with Crippen LogP contribution in [0.1, 0.15) is 90.9 Å². The summed E-state index contributed by atoms with van der Waals surface area (Å²) in [7, 11) is 1.71. The van der Waals surface area contributed by atoms with E-state index in [0.29, 0.717) is 0 Å². The first kappa shape index (κ1) is 24.4. The normalized spacial score (nSPS) is 11.0. The van der Waals surface area contributed by atoms with Crippen molar-refractivity contribution < 1.29 is 14.2 Å². The van der Waals surface area contributed by atoms with E-state index in [9.17, 15) is 0 Å². The second-order valence-electron chi connectivity index (χ2n) is 8.21. The van der Waals surface area contributed by atoms with Crippen molar-refractivity contribution >= 4 is 10.8 Å². The van der Waals surface area contributed by atoms with Crippen LogP contribution < -0.4 is 14.2 Å². The Kier molecular flexibility index (Phi) is 12.2. The van der Waals surface area contributed by atoms with Gasteiger partial charge < -0.3 is 14.2 Å². The Morgan fingerprint density at radius 2 is 1.23 bits per heavy atom. The standard InChI is InChI=1S/C27H42O3/c1-4-6-8-10-12-14-20-29-24-17-18-25-23(22-24)16-19-26(28-3)27(25)30-21-15-13-11-9-7-5-2/h16-19,22H,4-15,20-21H2,1-3H3. The SMILES string of the molecule is CCCCCCCCOc1ccc2c(OCCCCCCCC)c(OC)ccc2c1. The van der Waals surface area contributed by atoms with Crippen molar-refractivity contribution in [3.8, 4) is 17.2 Å². The Balaban J connectivity index is 1.88. The monoisotopic (exact) mass is 414 g/mol. The van der Waals surface area contributed by atoms with Crippen LogP contribution in [0.2, 0.25) is 0 Å². The maximum absolute atomic E-state index is 6.17. The summed E-state index contributed by atoms with van der Waals surface area (Å²) < 4.78 is 17.7. The lowest BCUT2D eigenvalue weighted by molar-refractivity contribution is 0.288. The Morgan fingerprint density at radius 3 is 1.87 bits per heavy atom. The van der Waals surface area contributed by atoms with E-state index in [0.717, 1.165) is 54.1 Å². The summed E-state index contributed by atoms with van der Waals surface area (Å²) in [5.41, 5.74) is 0. The van der Waals surface area contributed by atoms with E-state index in [1.807, 2.05) is 6.07 Å². The van der Waals surface area contributed by atoms with E-state index in [4.69, 9.17) is 14.2 Å². The zero-order chi connectivity index (χ0) is 21.4. The zero-order valence-corrected chi connectivity index (χ0v) is 19.5. The maximum atomic E-state index is 6.17. The average Bonchev–Trinajstić information content (AvgIpc) is 2.77. The molecule has 2 aromatic carbocycles. The summed E-state index contributed by atoms with van der Waals surface area (Å²) in [5, 5.41) is 2.22. The van der Waals surface area contributed by atoms with Gasteiger partial charge in [0, 0.05) is 5.39 Å². The van der Waals surface area contributed by atoms with E-state index in [1.54, 1.807) is 7.11 Å². The predicted octanol–water partition coefficient (Wildman–Crippen LogP) is 8.33. The van der Waals surface area contributed by atoms with Gasteiger partial charge >= 0.3 is 0 Å². The molecule has 0 unspecified atom stereocenters. The van der Waals surface area contributed by atoms with Crippen molar-refractivity contribution in [3.05, 3.63) is 30.3 Å². The highest BCUT2D eigenvalue weighted by Crippen LogP contribution is 2.37. The van der Waals surface area contributed by atoms with Gasteiger partial charge in [-0.25, -0.2) is 0 Å². The number of methoxy groups -OCH3 is 1. The maximum Gasteiger partial charge on any atom is 0.168 e. The van der Waals surface area contributed by atoms with Crippen molar-refractivity contribution in [2.24, 2.45) is 0 Å². The molecule has 0 aromatic heterocycles. The Bertz CT molecular complexity index is 711. The Hall–Kier alpha value is -1.90. The van der Waals surface area contributed by atoms with Crippen LogP contribution in [0.4, 0.5) is 0 Å². The first-order valence-electron chi connectivity index (χ1n) is 12.2. The molecule has 3 heteroatoms. The van der Waals surface area contributed by atoms with Gasteiger partial charge in [-0.05, 0) is 42.5 Å². The minimum absolute atomic E-state index is 0.734. The van der Waals surface area contributed by atoms with Crippen LogP contribution in [0.25, 0.3) is 10.8 Å². The lowest BCUT2D eigenvalue weighted by atomic mass is 10.1. The third-order valence-electron chi connectivity index (χ3n) is 5.64. The Labute approximate surface area is 184 Å². The van der Waals surface area contributed by atoms with Gasteiger partial charge in [-0.2, -0.15) is 0 Å². The average molecular weight is 415 g/mol. The number of benzene rings is 2. The lowest BCUT2D eigenvalue weighted by Crippen LogP contribution is -2.01. The van der Waals surface area contributed by atoms with Crippen molar-refractivity contribution in [2.45, 2.75) is 90.9 Å². The molecule has 0 fully saturated rings. The van der Waals surface area contributed by atoms with Gasteiger partial charge in [0.15, 0.2) is 11.5 Å². The lowest BCUT2D eigenvalue weighted by Gasteiger charge is -2.14. The highest BCUT2D eigenvalue weighted by molar-refractivity contribution is 5.91. The highest BCUT2D eigenvalue weighted by Gasteiger charge is 2.11. The smallest absolute Gasteiger partial charge is 0.168 e. The molecule has 2 aromatic rings. The molecule has 0 radical (unpaired) electrons. The molecule has 0 N–H and O–H groups in total. The van der Waals surface area contributed by atoms with E-state index < -0.39 is 0 Å². The molecular formula is C27H42O3. The summed E-state index contributed by atoms with van der Waals surface area (Å²) in [6.45, 7) is 6.03. The van der Waals surface area contributed by atoms with E-state index in [2.05, 4.69) is 38.1 Å². The Morgan fingerprint density at radius 1 is 0.633 bits per heavy atom. The van der Waals surface area contributed by atoms with E-state index >= 15 is 0 Å². The molecule has 168 valence electrons. The summed E-state index contributed by atoms with van der Waals surface area (Å²) in [5.74, 6) is 2.59. The third-order valence-corrected chi connectivity index (χ3v) is 5.64. The number of hydrogen-bond acceptors (Lipinski definition) is 3. The first-order valence-corrected chi connectivity index (χ1v) is 12.2. The fraction of sp³-hybridized carbons (Fsp3) is 0.630. The highest BCUT2D eigenvalue weighted by atomic mass is 16.5. The van der Waals surface area contributed by atoms with Gasteiger partial charge in [0.05, 0.1) is 20.3 Å². The molecule has 0 saturated heterocycles. The second kappa shape index (κ2) is 15.0. The number of hydrogen-bond donors (Lipinski definition) is 0. The minimum atomic E-state index is 0.734. The zero-order valence-electron chi connectivity index (χ0n) is 19.5. The van der Waals surface area contributed by atoms with Crippen molar-refractivity contribution in [1.29, 1.82) is 0 Å². The summed E-state index contributed by atoms with van der Waals surface area (Å²) >= 11 is 0. The fourth-order valence-corrected chi connectivity index (χ4v) is 3.79. The molecule has 2 rings (SSSR count). The fourth-order valence-electron chi connectivity index (χ4n) is 3.79. The van der Waals surface area contributed by atoms with Gasteiger partial charge in [-0.3, -0.25) is 0 Å². The molecule has 0 spiro atoms. The number of unbranched alkanes of at least 4 members (excludes halogenated alkanes) is 10. The molecule has 0 amide bonds. The molecular weight excluding hydrogens is 372 g/mol. The van der Waals surface area contributed by atoms with Gasteiger partial charge in [-0.15, -0.1) is 0 Å². The number of ether oxygens (including phenoxy) is 3. The van der Waals surface area contributed by atoms with Crippen LogP contribution >= 0.6 is 0 Å². The van der Waals surface area contributed by atoms with Crippen LogP contribution in [0, 0.1) is 0 Å². The van der Waals surface area contributed by atoms with E-state index in [1.165, 1.54) is 64.2 Å².